The van der Waals surface area contributed by atoms with Crippen LogP contribution in [0.5, 0.6) is 0 Å². The molecule has 0 aromatic heterocycles. The molecule has 5 heteroatoms. The number of nitrogens with two attached hydrogens (primary N) is 1. The third kappa shape index (κ3) is 6.85. The number of rotatable bonds is 5. The molecule has 0 fully saturated rings. The van der Waals surface area contributed by atoms with E-state index in [2.05, 4.69) is 10.6 Å². The minimum atomic E-state index is -0.519. The Morgan fingerprint density at radius 1 is 1.33 bits per heavy atom. The van der Waals surface area contributed by atoms with Crippen LogP contribution in [0.2, 0.25) is 0 Å². The van der Waals surface area contributed by atoms with Crippen molar-refractivity contribution in [2.45, 2.75) is 19.3 Å². The van der Waals surface area contributed by atoms with Crippen LogP contribution in [0.15, 0.2) is 0 Å². The van der Waals surface area contributed by atoms with E-state index in [-0.39, 0.29) is 5.91 Å². The molecule has 0 atom stereocenters. The molecule has 0 saturated carbocycles. The first-order chi connectivity index (χ1) is 5.66. The van der Waals surface area contributed by atoms with Gasteiger partial charge < -0.3 is 16.4 Å². The number of nitrogens with one attached hydrogen (secondary N) is 2. The molecule has 12 heavy (non-hydrogen) atoms. The number of hydrogen-bond acceptors (Lipinski definition) is 2. The fourth-order valence-corrected chi connectivity index (χ4v) is 0.747. The van der Waals surface area contributed by atoms with Crippen LogP contribution in [0.25, 0.3) is 0 Å². The van der Waals surface area contributed by atoms with E-state index in [0.717, 1.165) is 12.8 Å². The highest BCUT2D eigenvalue weighted by atomic mass is 16.2. The second kappa shape index (κ2) is 6.45. The van der Waals surface area contributed by atoms with Gasteiger partial charge in [-0.25, -0.2) is 4.79 Å². The molecule has 70 valence electrons. The molecule has 0 aliphatic heterocycles. The predicted octanol–water partition coefficient (Wildman–Crippen LogP) is -0.429. The highest BCUT2D eigenvalue weighted by Gasteiger charge is 1.97. The number of hydrogen-bond donors (Lipinski definition) is 3. The van der Waals surface area contributed by atoms with E-state index in [4.69, 9.17) is 5.73 Å². The van der Waals surface area contributed by atoms with Gasteiger partial charge in [-0.3, -0.25) is 4.79 Å². The first kappa shape index (κ1) is 10.7. The standard InChI is InChI=1S/C7H15N3O2/c1-9-6(11)4-2-3-5-10-7(8)12/h2-5H2,1H3,(H,9,11)(H3,8,10,12). The first-order valence-corrected chi connectivity index (χ1v) is 3.90. The number of unbranched alkanes of at least 4 members (excludes halogenated alkanes) is 1. The Kier molecular flexibility index (Phi) is 5.77. The largest absolute Gasteiger partial charge is 0.359 e. The Bertz CT molecular complexity index is 159. The van der Waals surface area contributed by atoms with Gasteiger partial charge >= 0.3 is 6.03 Å². The van der Waals surface area contributed by atoms with Crippen LogP contribution in [0.4, 0.5) is 4.79 Å². The van der Waals surface area contributed by atoms with Gasteiger partial charge in [0.15, 0.2) is 0 Å². The van der Waals surface area contributed by atoms with Crippen molar-refractivity contribution >= 4 is 11.9 Å². The summed E-state index contributed by atoms with van der Waals surface area (Å²) >= 11 is 0. The third-order valence-electron chi connectivity index (χ3n) is 1.41. The molecular formula is C7H15N3O2. The van der Waals surface area contributed by atoms with Crippen molar-refractivity contribution in [3.05, 3.63) is 0 Å². The monoisotopic (exact) mass is 173 g/mol. The molecule has 0 saturated heterocycles. The van der Waals surface area contributed by atoms with E-state index in [1.165, 1.54) is 0 Å². The lowest BCUT2D eigenvalue weighted by atomic mass is 10.2. The number of primary amides is 1. The summed E-state index contributed by atoms with van der Waals surface area (Å²) in [5, 5.41) is 4.96. The van der Waals surface area contributed by atoms with Gasteiger partial charge in [-0.2, -0.15) is 0 Å². The van der Waals surface area contributed by atoms with Gasteiger partial charge in [0, 0.05) is 20.0 Å². The van der Waals surface area contributed by atoms with E-state index in [1.54, 1.807) is 7.05 Å². The average Bonchev–Trinajstić information content (AvgIpc) is 2.03. The van der Waals surface area contributed by atoms with Crippen LogP contribution in [0.3, 0.4) is 0 Å². The Morgan fingerprint density at radius 2 is 2.00 bits per heavy atom. The topological polar surface area (TPSA) is 84.2 Å². The van der Waals surface area contributed by atoms with Crippen molar-refractivity contribution in [1.29, 1.82) is 0 Å². The summed E-state index contributed by atoms with van der Waals surface area (Å²) in [5.41, 5.74) is 4.83. The van der Waals surface area contributed by atoms with Crippen LogP contribution in [-0.4, -0.2) is 25.5 Å². The van der Waals surface area contributed by atoms with E-state index >= 15 is 0 Å². The van der Waals surface area contributed by atoms with E-state index in [1.807, 2.05) is 0 Å². The first-order valence-electron chi connectivity index (χ1n) is 3.90. The molecule has 0 unspecified atom stereocenters. The normalized spacial score (nSPS) is 9.08. The lowest BCUT2D eigenvalue weighted by Crippen LogP contribution is -2.30. The minimum Gasteiger partial charge on any atom is -0.359 e. The van der Waals surface area contributed by atoms with E-state index in [9.17, 15) is 9.59 Å². The van der Waals surface area contributed by atoms with Gasteiger partial charge in [-0.1, -0.05) is 0 Å². The molecular weight excluding hydrogens is 158 g/mol. The molecule has 0 heterocycles. The number of carbonyl (C=O) groups excluding carboxylic acids is 2. The zero-order valence-corrected chi connectivity index (χ0v) is 7.22. The van der Waals surface area contributed by atoms with Crippen LogP contribution >= 0.6 is 0 Å². The summed E-state index contributed by atoms with van der Waals surface area (Å²) in [6.45, 7) is 0.534. The summed E-state index contributed by atoms with van der Waals surface area (Å²) in [5.74, 6) is 0.0223. The zero-order valence-electron chi connectivity index (χ0n) is 7.22. The molecule has 0 spiro atoms. The molecule has 0 radical (unpaired) electrons. The van der Waals surface area contributed by atoms with Gasteiger partial charge in [-0.05, 0) is 12.8 Å². The van der Waals surface area contributed by atoms with Gasteiger partial charge in [0.25, 0.3) is 0 Å². The van der Waals surface area contributed by atoms with Crippen molar-refractivity contribution in [1.82, 2.24) is 10.6 Å². The van der Waals surface area contributed by atoms with Gasteiger partial charge in [0.1, 0.15) is 0 Å². The summed E-state index contributed by atoms with van der Waals surface area (Å²) in [6, 6.07) is -0.519. The second-order valence-corrected chi connectivity index (χ2v) is 2.42. The maximum atomic E-state index is 10.7. The van der Waals surface area contributed by atoms with Crippen molar-refractivity contribution in [2.75, 3.05) is 13.6 Å². The SMILES string of the molecule is CNC(=O)CCCCNC(N)=O. The average molecular weight is 173 g/mol. The summed E-state index contributed by atoms with van der Waals surface area (Å²) in [7, 11) is 1.60. The predicted molar refractivity (Wildman–Crippen MR) is 45.5 cm³/mol. The Morgan fingerprint density at radius 3 is 2.50 bits per heavy atom. The van der Waals surface area contributed by atoms with Crippen molar-refractivity contribution in [2.24, 2.45) is 5.73 Å². The summed E-state index contributed by atoms with van der Waals surface area (Å²) in [6.07, 6.45) is 2.03. The van der Waals surface area contributed by atoms with Crippen LogP contribution < -0.4 is 16.4 Å². The van der Waals surface area contributed by atoms with Crippen LogP contribution in [0, 0.1) is 0 Å². The molecule has 5 nitrogen and oxygen atoms in total. The molecule has 0 aliphatic rings. The molecule has 0 bridgehead atoms. The molecule has 0 aliphatic carbocycles. The van der Waals surface area contributed by atoms with Crippen molar-refractivity contribution in [3.8, 4) is 0 Å². The zero-order chi connectivity index (χ0) is 9.40. The lowest BCUT2D eigenvalue weighted by molar-refractivity contribution is -0.120. The lowest BCUT2D eigenvalue weighted by Gasteiger charge is -2.00. The number of amides is 3. The molecule has 0 aromatic rings. The number of carbonyl (C=O) groups is 2. The van der Waals surface area contributed by atoms with Gasteiger partial charge in [0.2, 0.25) is 5.91 Å². The molecule has 0 rings (SSSR count). The molecule has 0 aromatic carbocycles. The summed E-state index contributed by atoms with van der Waals surface area (Å²) < 4.78 is 0. The van der Waals surface area contributed by atoms with Gasteiger partial charge in [-0.15, -0.1) is 0 Å². The summed E-state index contributed by atoms with van der Waals surface area (Å²) in [4.78, 5) is 20.9. The van der Waals surface area contributed by atoms with Crippen molar-refractivity contribution < 1.29 is 9.59 Å². The highest BCUT2D eigenvalue weighted by Crippen LogP contribution is 1.92. The smallest absolute Gasteiger partial charge is 0.312 e. The van der Waals surface area contributed by atoms with E-state index in [0.29, 0.717) is 13.0 Å². The maximum absolute atomic E-state index is 10.7. The third-order valence-corrected chi connectivity index (χ3v) is 1.41. The molecule has 4 N–H and O–H groups in total. The number of urea groups is 1. The fraction of sp³-hybridized carbons (Fsp3) is 0.714. The van der Waals surface area contributed by atoms with Crippen LogP contribution in [-0.2, 0) is 4.79 Å². The molecule has 3 amide bonds. The van der Waals surface area contributed by atoms with E-state index < -0.39 is 6.03 Å². The Labute approximate surface area is 71.7 Å². The van der Waals surface area contributed by atoms with Gasteiger partial charge in [0.05, 0.1) is 0 Å². The minimum absolute atomic E-state index is 0.0223. The quantitative estimate of drug-likeness (QED) is 0.493. The fourth-order valence-electron chi connectivity index (χ4n) is 0.747. The Hall–Kier alpha value is -1.26. The maximum Gasteiger partial charge on any atom is 0.312 e. The Balaban J connectivity index is 3.11. The van der Waals surface area contributed by atoms with Crippen molar-refractivity contribution in [3.63, 3.8) is 0 Å². The second-order valence-electron chi connectivity index (χ2n) is 2.42. The highest BCUT2D eigenvalue weighted by molar-refractivity contribution is 5.75. The van der Waals surface area contributed by atoms with Crippen LogP contribution in [0.1, 0.15) is 19.3 Å².